The number of rotatable bonds is 4. The number of hydrogen-bond donors (Lipinski definition) is 1. The zero-order valence-corrected chi connectivity index (χ0v) is 15.4. The van der Waals surface area contributed by atoms with Gasteiger partial charge in [0.25, 0.3) is 5.91 Å². The van der Waals surface area contributed by atoms with Crippen LogP contribution in [0.3, 0.4) is 0 Å². The predicted octanol–water partition coefficient (Wildman–Crippen LogP) is 5.68. The Morgan fingerprint density at radius 3 is 2.85 bits per heavy atom. The fraction of sp³-hybridized carbons (Fsp3) is 0.143. The fourth-order valence-corrected chi connectivity index (χ4v) is 3.42. The molecule has 0 aliphatic heterocycles. The number of carbonyl (C=O) groups is 1. The molecule has 0 saturated carbocycles. The standard InChI is InChI=1S/C21H18N2O2S/c1-3-14-7-9-18-17(11-14)23-21(25-18)15-8-6-13(2)16(12-15)22-20(24)19-5-4-10-26-19/h4-12H,3H2,1-2H3,(H,22,24). The van der Waals surface area contributed by atoms with E-state index < -0.39 is 0 Å². The summed E-state index contributed by atoms with van der Waals surface area (Å²) in [6.07, 6.45) is 0.960. The van der Waals surface area contributed by atoms with Gasteiger partial charge in [0.05, 0.1) is 4.88 Å². The lowest BCUT2D eigenvalue weighted by molar-refractivity contribution is 0.103. The van der Waals surface area contributed by atoms with E-state index in [9.17, 15) is 4.79 Å². The lowest BCUT2D eigenvalue weighted by Crippen LogP contribution is -2.11. The number of oxazole rings is 1. The molecule has 0 spiro atoms. The van der Waals surface area contributed by atoms with Crippen molar-refractivity contribution in [1.82, 2.24) is 4.98 Å². The molecule has 2 aromatic carbocycles. The normalized spacial score (nSPS) is 11.0. The summed E-state index contributed by atoms with van der Waals surface area (Å²) in [5.41, 5.74) is 5.43. The minimum absolute atomic E-state index is 0.106. The van der Waals surface area contributed by atoms with E-state index in [0.717, 1.165) is 34.3 Å². The summed E-state index contributed by atoms with van der Waals surface area (Å²) in [4.78, 5) is 17.6. The maximum absolute atomic E-state index is 12.3. The Balaban J connectivity index is 1.68. The second-order valence-electron chi connectivity index (χ2n) is 6.14. The minimum atomic E-state index is -0.106. The molecule has 1 amide bonds. The first-order chi connectivity index (χ1) is 12.6. The van der Waals surface area contributed by atoms with Gasteiger partial charge in [-0.3, -0.25) is 4.79 Å². The van der Waals surface area contributed by atoms with Crippen LogP contribution in [0.1, 0.15) is 27.7 Å². The Kier molecular flexibility index (Phi) is 4.31. The molecule has 4 nitrogen and oxygen atoms in total. The van der Waals surface area contributed by atoms with Crippen molar-refractivity contribution in [3.8, 4) is 11.5 Å². The van der Waals surface area contributed by atoms with E-state index in [1.54, 1.807) is 0 Å². The fourth-order valence-electron chi connectivity index (χ4n) is 2.80. The van der Waals surface area contributed by atoms with Crippen molar-refractivity contribution in [2.24, 2.45) is 0 Å². The largest absolute Gasteiger partial charge is 0.436 e. The molecule has 2 heterocycles. The number of anilines is 1. The van der Waals surface area contributed by atoms with Gasteiger partial charge in [0.15, 0.2) is 5.58 Å². The van der Waals surface area contributed by atoms with Crippen LogP contribution in [0.5, 0.6) is 0 Å². The molecule has 1 N–H and O–H groups in total. The Bertz CT molecular complexity index is 1080. The molecule has 2 aromatic heterocycles. The van der Waals surface area contributed by atoms with Gasteiger partial charge < -0.3 is 9.73 Å². The van der Waals surface area contributed by atoms with E-state index in [1.807, 2.05) is 48.7 Å². The number of fused-ring (bicyclic) bond motifs is 1. The van der Waals surface area contributed by atoms with Crippen molar-refractivity contribution in [3.63, 3.8) is 0 Å². The number of amides is 1. The van der Waals surface area contributed by atoms with Gasteiger partial charge in [-0.1, -0.05) is 25.1 Å². The van der Waals surface area contributed by atoms with Gasteiger partial charge in [-0.05, 0) is 60.2 Å². The summed E-state index contributed by atoms with van der Waals surface area (Å²) in [7, 11) is 0. The molecule has 5 heteroatoms. The van der Waals surface area contributed by atoms with Crippen LogP contribution in [0, 0.1) is 6.92 Å². The number of aryl methyl sites for hydroxylation is 2. The van der Waals surface area contributed by atoms with Gasteiger partial charge in [0.1, 0.15) is 5.52 Å². The Labute approximate surface area is 155 Å². The van der Waals surface area contributed by atoms with Crippen molar-refractivity contribution in [2.75, 3.05) is 5.32 Å². The minimum Gasteiger partial charge on any atom is -0.436 e. The van der Waals surface area contributed by atoms with Crippen molar-refractivity contribution < 1.29 is 9.21 Å². The molecule has 0 atom stereocenters. The van der Waals surface area contributed by atoms with Crippen molar-refractivity contribution in [2.45, 2.75) is 20.3 Å². The van der Waals surface area contributed by atoms with Gasteiger partial charge in [-0.15, -0.1) is 11.3 Å². The number of hydrogen-bond acceptors (Lipinski definition) is 4. The first-order valence-electron chi connectivity index (χ1n) is 8.49. The molecule has 0 unspecified atom stereocenters. The second kappa shape index (κ2) is 6.77. The van der Waals surface area contributed by atoms with Crippen LogP contribution in [0.4, 0.5) is 5.69 Å². The molecule has 0 aliphatic carbocycles. The third-order valence-electron chi connectivity index (χ3n) is 4.34. The van der Waals surface area contributed by atoms with Gasteiger partial charge in [0, 0.05) is 11.3 Å². The highest BCUT2D eigenvalue weighted by Crippen LogP contribution is 2.29. The lowest BCUT2D eigenvalue weighted by Gasteiger charge is -2.08. The number of nitrogens with one attached hydrogen (secondary N) is 1. The second-order valence-corrected chi connectivity index (χ2v) is 7.08. The predicted molar refractivity (Wildman–Crippen MR) is 106 cm³/mol. The van der Waals surface area contributed by atoms with Crippen LogP contribution >= 0.6 is 11.3 Å². The molecule has 0 radical (unpaired) electrons. The molecule has 4 rings (SSSR count). The topological polar surface area (TPSA) is 55.1 Å². The van der Waals surface area contributed by atoms with E-state index >= 15 is 0 Å². The molecular formula is C21H18N2O2S. The van der Waals surface area contributed by atoms with Crippen LogP contribution < -0.4 is 5.32 Å². The number of carbonyl (C=O) groups excluding carboxylic acids is 1. The molecule has 130 valence electrons. The van der Waals surface area contributed by atoms with E-state index in [2.05, 4.69) is 29.4 Å². The van der Waals surface area contributed by atoms with Gasteiger partial charge in [-0.25, -0.2) is 4.98 Å². The zero-order chi connectivity index (χ0) is 18.1. The van der Waals surface area contributed by atoms with Crippen LogP contribution in [-0.2, 0) is 6.42 Å². The summed E-state index contributed by atoms with van der Waals surface area (Å²) < 4.78 is 5.90. The molecule has 0 aliphatic rings. The Morgan fingerprint density at radius 2 is 2.08 bits per heavy atom. The van der Waals surface area contributed by atoms with Crippen LogP contribution in [0.15, 0.2) is 58.3 Å². The molecule has 26 heavy (non-hydrogen) atoms. The first kappa shape index (κ1) is 16.5. The average molecular weight is 362 g/mol. The maximum atomic E-state index is 12.3. The van der Waals surface area contributed by atoms with E-state index in [1.165, 1.54) is 16.9 Å². The molecular weight excluding hydrogens is 344 g/mol. The SMILES string of the molecule is CCc1ccc2oc(-c3ccc(C)c(NC(=O)c4cccs4)c3)nc2c1. The zero-order valence-electron chi connectivity index (χ0n) is 14.6. The highest BCUT2D eigenvalue weighted by molar-refractivity contribution is 7.12. The summed E-state index contributed by atoms with van der Waals surface area (Å²) >= 11 is 1.42. The van der Waals surface area contributed by atoms with E-state index in [-0.39, 0.29) is 5.91 Å². The summed E-state index contributed by atoms with van der Waals surface area (Å²) in [5.74, 6) is 0.449. The number of nitrogens with zero attached hydrogens (tertiary/aromatic N) is 1. The van der Waals surface area contributed by atoms with Gasteiger partial charge in [0.2, 0.25) is 5.89 Å². The van der Waals surface area contributed by atoms with Crippen LogP contribution in [-0.4, -0.2) is 10.9 Å². The average Bonchev–Trinajstić information content (AvgIpc) is 3.32. The summed E-state index contributed by atoms with van der Waals surface area (Å²) in [6, 6.07) is 15.6. The third-order valence-corrected chi connectivity index (χ3v) is 5.21. The third kappa shape index (κ3) is 3.13. The monoisotopic (exact) mass is 362 g/mol. The Morgan fingerprint density at radius 1 is 1.19 bits per heavy atom. The Hall–Kier alpha value is -2.92. The molecule has 0 fully saturated rings. The number of benzene rings is 2. The first-order valence-corrected chi connectivity index (χ1v) is 9.37. The lowest BCUT2D eigenvalue weighted by atomic mass is 10.1. The summed E-state index contributed by atoms with van der Waals surface area (Å²) in [6.45, 7) is 4.08. The molecule has 0 saturated heterocycles. The highest BCUT2D eigenvalue weighted by Gasteiger charge is 2.13. The van der Waals surface area contributed by atoms with Gasteiger partial charge in [-0.2, -0.15) is 0 Å². The van der Waals surface area contributed by atoms with Crippen molar-refractivity contribution >= 4 is 34.0 Å². The smallest absolute Gasteiger partial charge is 0.265 e. The van der Waals surface area contributed by atoms with Crippen molar-refractivity contribution in [1.29, 1.82) is 0 Å². The van der Waals surface area contributed by atoms with Gasteiger partial charge >= 0.3 is 0 Å². The number of thiophene rings is 1. The van der Waals surface area contributed by atoms with Crippen LogP contribution in [0.2, 0.25) is 0 Å². The summed E-state index contributed by atoms with van der Waals surface area (Å²) in [5, 5.41) is 4.87. The highest BCUT2D eigenvalue weighted by atomic mass is 32.1. The molecule has 4 aromatic rings. The molecule has 0 bridgehead atoms. The maximum Gasteiger partial charge on any atom is 0.265 e. The van der Waals surface area contributed by atoms with Crippen LogP contribution in [0.25, 0.3) is 22.6 Å². The quantitative estimate of drug-likeness (QED) is 0.508. The van der Waals surface area contributed by atoms with E-state index in [4.69, 9.17) is 4.42 Å². The van der Waals surface area contributed by atoms with E-state index in [0.29, 0.717) is 10.8 Å². The number of aromatic nitrogens is 1. The van der Waals surface area contributed by atoms with Crippen molar-refractivity contribution in [3.05, 3.63) is 69.9 Å².